The van der Waals surface area contributed by atoms with Gasteiger partial charge in [-0.2, -0.15) is 0 Å². The lowest BCUT2D eigenvalue weighted by molar-refractivity contribution is -0.127. The molecule has 2 rings (SSSR count). The number of aliphatic hydroxyl groups excluding tert-OH is 1. The second-order valence-corrected chi connectivity index (χ2v) is 4.84. The molecule has 5 heteroatoms. The van der Waals surface area contributed by atoms with E-state index in [0.29, 0.717) is 5.56 Å². The van der Waals surface area contributed by atoms with Crippen molar-refractivity contribution in [3.05, 3.63) is 35.9 Å². The lowest BCUT2D eigenvalue weighted by Crippen LogP contribution is -2.40. The van der Waals surface area contributed by atoms with Crippen molar-refractivity contribution in [2.45, 2.75) is 19.1 Å². The summed E-state index contributed by atoms with van der Waals surface area (Å²) < 4.78 is 0. The highest BCUT2D eigenvalue weighted by Gasteiger charge is 2.37. The molecule has 1 aliphatic rings. The van der Waals surface area contributed by atoms with Crippen LogP contribution in [0.1, 0.15) is 18.6 Å². The van der Waals surface area contributed by atoms with Crippen molar-refractivity contribution in [1.29, 1.82) is 0 Å². The molecule has 1 saturated heterocycles. The molecule has 17 heavy (non-hydrogen) atoms. The van der Waals surface area contributed by atoms with E-state index in [0.717, 1.165) is 16.7 Å². The van der Waals surface area contributed by atoms with E-state index in [-0.39, 0.29) is 16.9 Å². The topological polar surface area (TPSA) is 57.6 Å². The Kier molecular flexibility index (Phi) is 3.49. The molecule has 2 amide bonds. The minimum absolute atomic E-state index is 0.171. The predicted molar refractivity (Wildman–Crippen MR) is 65.6 cm³/mol. The summed E-state index contributed by atoms with van der Waals surface area (Å²) in [4.78, 5) is 24.2. The van der Waals surface area contributed by atoms with E-state index in [9.17, 15) is 14.7 Å². The van der Waals surface area contributed by atoms with Crippen LogP contribution in [0.3, 0.4) is 0 Å². The van der Waals surface area contributed by atoms with Gasteiger partial charge in [0.05, 0.1) is 17.9 Å². The summed E-state index contributed by atoms with van der Waals surface area (Å²) in [6.45, 7) is 1.68. The predicted octanol–water partition coefficient (Wildman–Crippen LogP) is 1.80. The molecule has 90 valence electrons. The molecule has 0 spiro atoms. The van der Waals surface area contributed by atoms with Gasteiger partial charge in [-0.05, 0) is 12.5 Å². The highest BCUT2D eigenvalue weighted by atomic mass is 32.2. The van der Waals surface area contributed by atoms with Gasteiger partial charge >= 0.3 is 0 Å². The Bertz CT molecular complexity index is 419. The smallest absolute Gasteiger partial charge is 0.289 e. The molecule has 0 saturated carbocycles. The number of carbonyl (C=O) groups is 2. The fraction of sp³-hybridized carbons (Fsp3) is 0.333. The van der Waals surface area contributed by atoms with Crippen LogP contribution >= 0.6 is 11.8 Å². The van der Waals surface area contributed by atoms with Gasteiger partial charge in [0, 0.05) is 0 Å². The van der Waals surface area contributed by atoms with E-state index >= 15 is 0 Å². The van der Waals surface area contributed by atoms with Crippen molar-refractivity contribution in [3.63, 3.8) is 0 Å². The summed E-state index contributed by atoms with van der Waals surface area (Å²) in [6.07, 6.45) is -0.845. The monoisotopic (exact) mass is 251 g/mol. The van der Waals surface area contributed by atoms with Gasteiger partial charge in [0.25, 0.3) is 5.24 Å². The van der Waals surface area contributed by atoms with E-state index in [1.807, 2.05) is 18.2 Å². The van der Waals surface area contributed by atoms with Crippen LogP contribution in [-0.4, -0.2) is 32.9 Å². The van der Waals surface area contributed by atoms with Crippen LogP contribution in [0.2, 0.25) is 0 Å². The Morgan fingerprint density at radius 3 is 2.47 bits per heavy atom. The van der Waals surface area contributed by atoms with Gasteiger partial charge in [-0.15, -0.1) is 0 Å². The average molecular weight is 251 g/mol. The first-order chi connectivity index (χ1) is 8.11. The number of benzene rings is 1. The summed E-state index contributed by atoms with van der Waals surface area (Å²) >= 11 is 0.981. The molecule has 0 bridgehead atoms. The minimum Gasteiger partial charge on any atom is -0.386 e. The first kappa shape index (κ1) is 12.1. The largest absolute Gasteiger partial charge is 0.386 e. The van der Waals surface area contributed by atoms with Crippen molar-refractivity contribution < 1.29 is 14.7 Å². The Balaban J connectivity index is 2.17. The van der Waals surface area contributed by atoms with Gasteiger partial charge < -0.3 is 5.11 Å². The van der Waals surface area contributed by atoms with E-state index in [1.54, 1.807) is 19.1 Å². The summed E-state index contributed by atoms with van der Waals surface area (Å²) in [5.41, 5.74) is 0.706. The van der Waals surface area contributed by atoms with Crippen LogP contribution in [0.25, 0.3) is 0 Å². The van der Waals surface area contributed by atoms with Crippen molar-refractivity contribution >= 4 is 22.9 Å². The maximum Gasteiger partial charge on any atom is 0.289 e. The molecule has 0 unspecified atom stereocenters. The second kappa shape index (κ2) is 4.89. The zero-order valence-electron chi connectivity index (χ0n) is 9.37. The second-order valence-electron chi connectivity index (χ2n) is 3.91. The standard InChI is InChI=1S/C12H13NO3S/c1-8(13-10(14)7-17-12(13)16)11(15)9-5-3-2-4-6-9/h2-6,8,11,15H,7H2,1H3/t8-,11-/m1/s1. The summed E-state index contributed by atoms with van der Waals surface area (Å²) in [5, 5.41) is 9.85. The molecule has 4 nitrogen and oxygen atoms in total. The fourth-order valence-electron chi connectivity index (χ4n) is 1.83. The third-order valence-electron chi connectivity index (χ3n) is 2.79. The quantitative estimate of drug-likeness (QED) is 0.890. The number of carbonyl (C=O) groups excluding carboxylic acids is 2. The molecule has 0 aliphatic carbocycles. The Hall–Kier alpha value is -1.33. The van der Waals surface area contributed by atoms with E-state index in [2.05, 4.69) is 0 Å². The molecule has 0 radical (unpaired) electrons. The van der Waals surface area contributed by atoms with Gasteiger partial charge in [-0.1, -0.05) is 42.1 Å². The third-order valence-corrected chi connectivity index (χ3v) is 3.62. The SMILES string of the molecule is C[C@H]([C@@H](O)c1ccccc1)N1C(=O)CSC1=O. The van der Waals surface area contributed by atoms with Gasteiger partial charge in [0.1, 0.15) is 0 Å². The zero-order valence-corrected chi connectivity index (χ0v) is 10.2. The number of aliphatic hydroxyl groups is 1. The fourth-order valence-corrected chi connectivity index (χ4v) is 2.62. The van der Waals surface area contributed by atoms with Gasteiger partial charge in [-0.25, -0.2) is 0 Å². The molecular weight excluding hydrogens is 238 g/mol. The highest BCUT2D eigenvalue weighted by molar-refractivity contribution is 8.14. The minimum atomic E-state index is -0.845. The molecule has 1 aromatic rings. The molecular formula is C12H13NO3S. The highest BCUT2D eigenvalue weighted by Crippen LogP contribution is 2.27. The van der Waals surface area contributed by atoms with Crippen molar-refractivity contribution in [3.8, 4) is 0 Å². The number of hydrogen-bond donors (Lipinski definition) is 1. The lowest BCUT2D eigenvalue weighted by atomic mass is 10.0. The average Bonchev–Trinajstić information content (AvgIpc) is 2.68. The number of thioether (sulfide) groups is 1. The van der Waals surface area contributed by atoms with Crippen LogP contribution in [0.4, 0.5) is 4.79 Å². The number of imide groups is 1. The third kappa shape index (κ3) is 2.35. The maximum absolute atomic E-state index is 11.5. The summed E-state index contributed by atoms with van der Waals surface area (Å²) in [7, 11) is 0. The van der Waals surface area contributed by atoms with E-state index in [4.69, 9.17) is 0 Å². The van der Waals surface area contributed by atoms with Gasteiger partial charge in [0.15, 0.2) is 0 Å². The maximum atomic E-state index is 11.5. The summed E-state index contributed by atoms with van der Waals surface area (Å²) in [5.74, 6) is -0.0625. The number of nitrogens with zero attached hydrogens (tertiary/aromatic N) is 1. The Morgan fingerprint density at radius 1 is 1.29 bits per heavy atom. The zero-order chi connectivity index (χ0) is 12.4. The molecule has 1 aromatic carbocycles. The van der Waals surface area contributed by atoms with Crippen molar-refractivity contribution in [2.24, 2.45) is 0 Å². The van der Waals surface area contributed by atoms with Crippen molar-refractivity contribution in [1.82, 2.24) is 4.90 Å². The van der Waals surface area contributed by atoms with E-state index in [1.165, 1.54) is 0 Å². The Labute approximate surface area is 104 Å². The molecule has 0 aromatic heterocycles. The van der Waals surface area contributed by atoms with Crippen LogP contribution in [0, 0.1) is 0 Å². The molecule has 1 N–H and O–H groups in total. The number of hydrogen-bond acceptors (Lipinski definition) is 4. The lowest BCUT2D eigenvalue weighted by Gasteiger charge is -2.26. The number of rotatable bonds is 3. The molecule has 1 aliphatic heterocycles. The number of amides is 2. The van der Waals surface area contributed by atoms with Crippen LogP contribution in [-0.2, 0) is 4.79 Å². The van der Waals surface area contributed by atoms with Crippen LogP contribution < -0.4 is 0 Å². The van der Waals surface area contributed by atoms with E-state index < -0.39 is 12.1 Å². The molecule has 1 fully saturated rings. The first-order valence-electron chi connectivity index (χ1n) is 5.33. The van der Waals surface area contributed by atoms with Crippen molar-refractivity contribution in [2.75, 3.05) is 5.75 Å². The van der Waals surface area contributed by atoms with Crippen LogP contribution in [0.15, 0.2) is 30.3 Å². The molecule has 1 heterocycles. The Morgan fingerprint density at radius 2 is 1.94 bits per heavy atom. The normalized spacial score (nSPS) is 19.5. The van der Waals surface area contributed by atoms with Gasteiger partial charge in [-0.3, -0.25) is 14.5 Å². The first-order valence-corrected chi connectivity index (χ1v) is 6.31. The molecule has 2 atom stereocenters. The summed E-state index contributed by atoms with van der Waals surface area (Å²) in [6, 6.07) is 8.50. The van der Waals surface area contributed by atoms with Crippen LogP contribution in [0.5, 0.6) is 0 Å². The van der Waals surface area contributed by atoms with Gasteiger partial charge in [0.2, 0.25) is 5.91 Å².